The maximum Gasteiger partial charge on any atom is 0.179 e. The van der Waals surface area contributed by atoms with Crippen LogP contribution in [0.1, 0.15) is 0 Å². The number of nitrogens with zero attached hydrogens (tertiary/aromatic N) is 2. The van der Waals surface area contributed by atoms with Crippen LogP contribution in [0, 0.1) is 0 Å². The van der Waals surface area contributed by atoms with Gasteiger partial charge in [0.05, 0.1) is 22.1 Å². The first-order valence-electron chi connectivity index (χ1n) is 19.9. The Morgan fingerprint density at radius 3 is 1.10 bits per heavy atom. The van der Waals surface area contributed by atoms with Crippen LogP contribution in [0.3, 0.4) is 0 Å². The largest absolute Gasteiger partial charge is 0.456 e. The molecular weight excluding hydrogens is 721 g/mol. The molecule has 0 amide bonds. The lowest BCUT2D eigenvalue weighted by Crippen LogP contribution is -2.74. The van der Waals surface area contributed by atoms with Crippen molar-refractivity contribution in [3.05, 3.63) is 218 Å². The Morgan fingerprint density at radius 1 is 0.276 bits per heavy atom. The topological polar surface area (TPSA) is 23.0 Å². The first-order chi connectivity index (χ1) is 28.8. The molecule has 58 heavy (non-hydrogen) atoms. The second kappa shape index (κ2) is 12.8. The maximum atomic E-state index is 6.51. The Kier molecular flexibility index (Phi) is 7.25. The average molecular weight is 757 g/mol. The molecule has 0 N–H and O–H groups in total. The summed E-state index contributed by atoms with van der Waals surface area (Å²) in [6.45, 7) is 0. The highest BCUT2D eigenvalue weighted by Crippen LogP contribution is 2.38. The molecule has 272 valence electrons. The van der Waals surface area contributed by atoms with Crippen LogP contribution in [0.15, 0.2) is 223 Å². The molecule has 3 heterocycles. The van der Waals surface area contributed by atoms with Crippen molar-refractivity contribution in [3.63, 3.8) is 0 Å². The molecule has 0 bridgehead atoms. The van der Waals surface area contributed by atoms with Crippen LogP contribution in [0.2, 0.25) is 0 Å². The van der Waals surface area contributed by atoms with Crippen LogP contribution < -0.4 is 20.7 Å². The molecule has 12 rings (SSSR count). The molecule has 0 aliphatic rings. The molecule has 0 saturated heterocycles. The van der Waals surface area contributed by atoms with Gasteiger partial charge in [-0.05, 0) is 81.4 Å². The summed E-state index contributed by atoms with van der Waals surface area (Å²) in [6.07, 6.45) is 0. The van der Waals surface area contributed by atoms with Crippen LogP contribution >= 0.6 is 0 Å². The molecular formula is C54H36N2OSi. The van der Waals surface area contributed by atoms with E-state index in [1.54, 1.807) is 0 Å². The highest BCUT2D eigenvalue weighted by atomic mass is 28.3. The third kappa shape index (κ3) is 4.73. The minimum absolute atomic E-state index is 0.880. The number of hydrogen-bond donors (Lipinski definition) is 0. The fourth-order valence-electron chi connectivity index (χ4n) is 9.78. The SMILES string of the molecule is c1ccc([Si](c2ccccc2)(c2ccccc2)c2ccc3c(c2)c2ccccc2n3-c2ccc3oc4ccc(-n5c6ccccc6c6ccccc65)cc4c3c2)cc1. The molecule has 9 aromatic carbocycles. The van der Waals surface area contributed by atoms with Gasteiger partial charge in [-0.3, -0.25) is 0 Å². The summed E-state index contributed by atoms with van der Waals surface area (Å²) in [7, 11) is -2.72. The third-order valence-electron chi connectivity index (χ3n) is 12.3. The molecule has 0 spiro atoms. The van der Waals surface area contributed by atoms with E-state index in [2.05, 4.69) is 228 Å². The zero-order chi connectivity index (χ0) is 38.2. The van der Waals surface area contributed by atoms with Crippen LogP contribution in [0.4, 0.5) is 0 Å². The van der Waals surface area contributed by atoms with Crippen molar-refractivity contribution in [1.29, 1.82) is 0 Å². The normalized spacial score (nSPS) is 12.1. The lowest BCUT2D eigenvalue weighted by atomic mass is 10.1. The van der Waals surface area contributed by atoms with Crippen molar-refractivity contribution in [3.8, 4) is 11.4 Å². The monoisotopic (exact) mass is 756 g/mol. The smallest absolute Gasteiger partial charge is 0.179 e. The minimum Gasteiger partial charge on any atom is -0.456 e. The van der Waals surface area contributed by atoms with Gasteiger partial charge in [0, 0.05) is 43.7 Å². The third-order valence-corrected chi connectivity index (χ3v) is 17.0. The predicted octanol–water partition coefficient (Wildman–Crippen LogP) is 11.2. The van der Waals surface area contributed by atoms with Crippen molar-refractivity contribution in [2.24, 2.45) is 0 Å². The van der Waals surface area contributed by atoms with Crippen LogP contribution in [-0.2, 0) is 0 Å². The average Bonchev–Trinajstić information content (AvgIpc) is 3.95. The van der Waals surface area contributed by atoms with E-state index < -0.39 is 8.07 Å². The summed E-state index contributed by atoms with van der Waals surface area (Å²) in [4.78, 5) is 0. The van der Waals surface area contributed by atoms with Gasteiger partial charge in [0.2, 0.25) is 0 Å². The van der Waals surface area contributed by atoms with Gasteiger partial charge in [-0.2, -0.15) is 0 Å². The molecule has 0 fully saturated rings. The van der Waals surface area contributed by atoms with E-state index in [0.717, 1.165) is 33.3 Å². The highest BCUT2D eigenvalue weighted by Gasteiger charge is 2.41. The standard InChI is InChI=1S/C54H36N2OSi/c1-4-16-39(17-5-1)58(40-18-6-2-7-19-40,41-20-8-3-9-21-41)42-30-31-52-46(36-42)45-24-12-15-27-51(45)56(52)38-29-33-54-48(35-38)47-34-37(28-32-53(47)57-54)55-49-25-13-10-22-43(49)44-23-11-14-26-50(44)55/h1-36H. The van der Waals surface area contributed by atoms with E-state index in [-0.39, 0.29) is 0 Å². The maximum absolute atomic E-state index is 6.51. The Balaban J connectivity index is 1.08. The molecule has 12 aromatic rings. The number of benzene rings is 9. The molecule has 0 saturated carbocycles. The zero-order valence-electron chi connectivity index (χ0n) is 31.6. The van der Waals surface area contributed by atoms with Gasteiger partial charge in [-0.25, -0.2) is 0 Å². The molecule has 0 aliphatic heterocycles. The molecule has 0 aliphatic carbocycles. The zero-order valence-corrected chi connectivity index (χ0v) is 32.6. The molecule has 0 atom stereocenters. The van der Waals surface area contributed by atoms with E-state index in [1.807, 2.05) is 0 Å². The number of furan rings is 1. The molecule has 3 aromatic heterocycles. The number of rotatable bonds is 6. The molecule has 0 radical (unpaired) electrons. The Labute approximate surface area is 336 Å². The van der Waals surface area contributed by atoms with E-state index in [4.69, 9.17) is 4.42 Å². The first kappa shape index (κ1) is 32.8. The second-order valence-electron chi connectivity index (χ2n) is 15.3. The van der Waals surface area contributed by atoms with Crippen LogP contribution in [0.25, 0.3) is 76.9 Å². The number of fused-ring (bicyclic) bond motifs is 9. The van der Waals surface area contributed by atoms with Gasteiger partial charge in [0.1, 0.15) is 11.2 Å². The van der Waals surface area contributed by atoms with Crippen molar-refractivity contribution < 1.29 is 4.42 Å². The highest BCUT2D eigenvalue weighted by molar-refractivity contribution is 7.20. The van der Waals surface area contributed by atoms with Gasteiger partial charge in [-0.15, -0.1) is 0 Å². The Bertz CT molecular complexity index is 3360. The summed E-state index contributed by atoms with van der Waals surface area (Å²) in [5, 5.41) is 12.7. The van der Waals surface area contributed by atoms with E-state index in [0.29, 0.717) is 0 Å². The van der Waals surface area contributed by atoms with E-state index in [9.17, 15) is 0 Å². The van der Waals surface area contributed by atoms with Crippen molar-refractivity contribution in [2.75, 3.05) is 0 Å². The number of para-hydroxylation sites is 3. The predicted molar refractivity (Wildman–Crippen MR) is 246 cm³/mol. The van der Waals surface area contributed by atoms with Gasteiger partial charge in [0.15, 0.2) is 8.07 Å². The summed E-state index contributed by atoms with van der Waals surface area (Å²) < 4.78 is 11.3. The van der Waals surface area contributed by atoms with Crippen LogP contribution in [0.5, 0.6) is 0 Å². The second-order valence-corrected chi connectivity index (χ2v) is 19.1. The van der Waals surface area contributed by atoms with Gasteiger partial charge < -0.3 is 13.6 Å². The van der Waals surface area contributed by atoms with E-state index in [1.165, 1.54) is 64.4 Å². The molecule has 0 unspecified atom stereocenters. The minimum atomic E-state index is -2.72. The molecule has 3 nitrogen and oxygen atoms in total. The fraction of sp³-hybridized carbons (Fsp3) is 0. The van der Waals surface area contributed by atoms with Crippen molar-refractivity contribution >= 4 is 94.4 Å². The lowest BCUT2D eigenvalue weighted by molar-refractivity contribution is 0.669. The first-order valence-corrected chi connectivity index (χ1v) is 21.9. The summed E-state index contributed by atoms with van der Waals surface area (Å²) in [5.41, 5.74) is 8.73. The van der Waals surface area contributed by atoms with E-state index >= 15 is 0 Å². The van der Waals surface area contributed by atoms with Crippen molar-refractivity contribution in [2.45, 2.75) is 0 Å². The van der Waals surface area contributed by atoms with Gasteiger partial charge >= 0.3 is 0 Å². The van der Waals surface area contributed by atoms with Gasteiger partial charge in [-0.1, -0.05) is 158 Å². The number of hydrogen-bond acceptors (Lipinski definition) is 1. The fourth-order valence-corrected chi connectivity index (χ4v) is 14.6. The van der Waals surface area contributed by atoms with Crippen LogP contribution in [-0.4, -0.2) is 17.2 Å². The summed E-state index contributed by atoms with van der Waals surface area (Å²) >= 11 is 0. The summed E-state index contributed by atoms with van der Waals surface area (Å²) in [5.74, 6) is 0. The number of aromatic nitrogens is 2. The van der Waals surface area contributed by atoms with Crippen molar-refractivity contribution in [1.82, 2.24) is 9.13 Å². The lowest BCUT2D eigenvalue weighted by Gasteiger charge is -2.34. The Morgan fingerprint density at radius 2 is 0.655 bits per heavy atom. The summed E-state index contributed by atoms with van der Waals surface area (Å²) in [6, 6.07) is 80.2. The quantitative estimate of drug-likeness (QED) is 0.122. The molecule has 4 heteroatoms. The van der Waals surface area contributed by atoms with Gasteiger partial charge in [0.25, 0.3) is 0 Å². The Hall–Kier alpha value is -7.40.